The van der Waals surface area contributed by atoms with Gasteiger partial charge in [-0.3, -0.25) is 4.79 Å². The minimum atomic E-state index is 0.106. The molecule has 0 unspecified atom stereocenters. The van der Waals surface area contributed by atoms with E-state index in [1.165, 1.54) is 12.7 Å². The van der Waals surface area contributed by atoms with Gasteiger partial charge in [-0.15, -0.1) is 0 Å². The summed E-state index contributed by atoms with van der Waals surface area (Å²) in [7, 11) is 1.52. The van der Waals surface area contributed by atoms with E-state index in [9.17, 15) is 4.79 Å². The fourth-order valence-corrected chi connectivity index (χ4v) is 2.50. The van der Waals surface area contributed by atoms with Gasteiger partial charge in [0.15, 0.2) is 18.1 Å². The van der Waals surface area contributed by atoms with Gasteiger partial charge in [0.05, 0.1) is 7.11 Å². The number of carbonyl (C=O) groups excluding carboxylic acids is 1. The van der Waals surface area contributed by atoms with Crippen LogP contribution in [-0.4, -0.2) is 23.5 Å². The molecular formula is C19H18N2O4. The van der Waals surface area contributed by atoms with E-state index >= 15 is 0 Å². The number of nitrogens with zero attached hydrogens (tertiary/aromatic N) is 2. The molecular weight excluding hydrogens is 320 g/mol. The number of methoxy groups -OCH3 is 1. The maximum absolute atomic E-state index is 10.8. The molecule has 0 saturated carbocycles. The minimum Gasteiger partial charge on any atom is -0.493 e. The molecule has 0 N–H and O–H groups in total. The highest BCUT2D eigenvalue weighted by Crippen LogP contribution is 2.28. The maximum atomic E-state index is 10.8. The van der Waals surface area contributed by atoms with Crippen LogP contribution in [0.3, 0.4) is 0 Å². The third-order valence-electron chi connectivity index (χ3n) is 3.77. The third kappa shape index (κ3) is 3.68. The van der Waals surface area contributed by atoms with E-state index in [1.54, 1.807) is 18.2 Å². The molecule has 0 atom stereocenters. The Kier molecular flexibility index (Phi) is 4.79. The van der Waals surface area contributed by atoms with Crippen LogP contribution in [0.1, 0.15) is 27.4 Å². The zero-order chi connectivity index (χ0) is 17.8. The van der Waals surface area contributed by atoms with E-state index in [4.69, 9.17) is 14.0 Å². The van der Waals surface area contributed by atoms with Crippen LogP contribution in [0.4, 0.5) is 0 Å². The number of aromatic nitrogens is 2. The Balaban J connectivity index is 1.75. The van der Waals surface area contributed by atoms with Crippen LogP contribution in [0.5, 0.6) is 11.5 Å². The Bertz CT molecular complexity index is 902. The Labute approximate surface area is 145 Å². The molecule has 0 aliphatic rings. The van der Waals surface area contributed by atoms with Crippen molar-refractivity contribution in [3.05, 3.63) is 59.0 Å². The van der Waals surface area contributed by atoms with E-state index in [2.05, 4.69) is 16.2 Å². The molecule has 128 valence electrons. The molecule has 0 fully saturated rings. The van der Waals surface area contributed by atoms with Crippen molar-refractivity contribution in [2.45, 2.75) is 20.5 Å². The Morgan fingerprint density at radius 2 is 1.96 bits per heavy atom. The largest absolute Gasteiger partial charge is 0.493 e. The summed E-state index contributed by atoms with van der Waals surface area (Å²) in [6.45, 7) is 4.15. The number of hydrogen-bond acceptors (Lipinski definition) is 6. The lowest BCUT2D eigenvalue weighted by molar-refractivity contribution is 0.112. The van der Waals surface area contributed by atoms with E-state index in [0.29, 0.717) is 28.8 Å². The first-order valence-corrected chi connectivity index (χ1v) is 7.77. The van der Waals surface area contributed by atoms with E-state index in [-0.39, 0.29) is 6.61 Å². The highest BCUT2D eigenvalue weighted by atomic mass is 16.5. The first kappa shape index (κ1) is 16.7. The van der Waals surface area contributed by atoms with Crippen molar-refractivity contribution in [1.29, 1.82) is 0 Å². The normalized spacial score (nSPS) is 10.5. The molecule has 1 aromatic heterocycles. The molecule has 0 spiro atoms. The number of hydrogen-bond donors (Lipinski definition) is 0. The van der Waals surface area contributed by atoms with Gasteiger partial charge in [0.2, 0.25) is 5.82 Å². The van der Waals surface area contributed by atoms with E-state index in [0.717, 1.165) is 17.4 Å². The fourth-order valence-electron chi connectivity index (χ4n) is 2.50. The molecule has 3 aromatic rings. The number of aryl methyl sites for hydroxylation is 2. The Morgan fingerprint density at radius 3 is 2.68 bits per heavy atom. The van der Waals surface area contributed by atoms with Gasteiger partial charge < -0.3 is 14.0 Å². The molecule has 6 nitrogen and oxygen atoms in total. The van der Waals surface area contributed by atoms with Crippen LogP contribution >= 0.6 is 0 Å². The van der Waals surface area contributed by atoms with Crippen molar-refractivity contribution in [1.82, 2.24) is 10.1 Å². The van der Waals surface area contributed by atoms with Crippen LogP contribution in [0.25, 0.3) is 11.4 Å². The molecule has 6 heteroatoms. The summed E-state index contributed by atoms with van der Waals surface area (Å²) in [6, 6.07) is 11.0. The van der Waals surface area contributed by atoms with E-state index in [1.807, 2.05) is 26.0 Å². The molecule has 0 amide bonds. The monoisotopic (exact) mass is 338 g/mol. The van der Waals surface area contributed by atoms with Crippen LogP contribution in [0.2, 0.25) is 0 Å². The van der Waals surface area contributed by atoms with Gasteiger partial charge in [-0.1, -0.05) is 28.9 Å². The summed E-state index contributed by atoms with van der Waals surface area (Å²) in [4.78, 5) is 15.2. The summed E-state index contributed by atoms with van der Waals surface area (Å²) in [6.07, 6.45) is 0.750. The predicted molar refractivity (Wildman–Crippen MR) is 91.9 cm³/mol. The van der Waals surface area contributed by atoms with Crippen molar-refractivity contribution in [3.63, 3.8) is 0 Å². The highest BCUT2D eigenvalue weighted by Gasteiger charge is 2.13. The van der Waals surface area contributed by atoms with Crippen LogP contribution in [-0.2, 0) is 6.61 Å². The summed E-state index contributed by atoms with van der Waals surface area (Å²) >= 11 is 0. The number of ether oxygens (including phenoxy) is 2. The van der Waals surface area contributed by atoms with Gasteiger partial charge >= 0.3 is 0 Å². The van der Waals surface area contributed by atoms with Gasteiger partial charge in [-0.2, -0.15) is 4.98 Å². The van der Waals surface area contributed by atoms with Crippen LogP contribution in [0.15, 0.2) is 40.9 Å². The summed E-state index contributed by atoms with van der Waals surface area (Å²) in [5.41, 5.74) is 3.70. The number of benzene rings is 2. The first-order chi connectivity index (χ1) is 12.1. The topological polar surface area (TPSA) is 74.5 Å². The molecule has 0 aliphatic carbocycles. The molecule has 0 saturated heterocycles. The predicted octanol–water partition coefficient (Wildman–Crippen LogP) is 3.75. The molecule has 0 aliphatic heterocycles. The lowest BCUT2D eigenvalue weighted by Crippen LogP contribution is -1.99. The molecule has 0 radical (unpaired) electrons. The van der Waals surface area contributed by atoms with Crippen LogP contribution < -0.4 is 9.47 Å². The lowest BCUT2D eigenvalue weighted by Gasteiger charge is -2.09. The zero-order valence-corrected chi connectivity index (χ0v) is 14.3. The third-order valence-corrected chi connectivity index (χ3v) is 3.77. The second kappa shape index (κ2) is 7.17. The van der Waals surface area contributed by atoms with Crippen molar-refractivity contribution < 1.29 is 18.8 Å². The second-order valence-electron chi connectivity index (χ2n) is 5.65. The second-order valence-corrected chi connectivity index (χ2v) is 5.65. The van der Waals surface area contributed by atoms with E-state index < -0.39 is 0 Å². The summed E-state index contributed by atoms with van der Waals surface area (Å²) in [5.74, 6) is 1.86. The van der Waals surface area contributed by atoms with Gasteiger partial charge in [-0.05, 0) is 37.6 Å². The maximum Gasteiger partial charge on any atom is 0.264 e. The molecule has 0 bridgehead atoms. The van der Waals surface area contributed by atoms with Crippen molar-refractivity contribution in [3.8, 4) is 22.9 Å². The first-order valence-electron chi connectivity index (χ1n) is 7.77. The Morgan fingerprint density at radius 1 is 1.12 bits per heavy atom. The fraction of sp³-hybridized carbons (Fsp3) is 0.211. The average molecular weight is 338 g/mol. The molecule has 3 rings (SSSR count). The van der Waals surface area contributed by atoms with Crippen LogP contribution in [0, 0.1) is 13.8 Å². The quantitative estimate of drug-likeness (QED) is 0.637. The standard InChI is InChI=1S/C19H18N2O4/c1-12-4-6-15(13(2)8-12)19-20-18(25-21-19)11-24-16-7-5-14(10-22)9-17(16)23-3/h4-10H,11H2,1-3H3. The van der Waals surface area contributed by atoms with Gasteiger partial charge in [0.25, 0.3) is 5.89 Å². The Hall–Kier alpha value is -3.15. The highest BCUT2D eigenvalue weighted by molar-refractivity contribution is 5.76. The average Bonchev–Trinajstić information content (AvgIpc) is 3.08. The molecule has 25 heavy (non-hydrogen) atoms. The number of rotatable bonds is 6. The smallest absolute Gasteiger partial charge is 0.264 e. The van der Waals surface area contributed by atoms with Gasteiger partial charge in [-0.25, -0.2) is 0 Å². The lowest BCUT2D eigenvalue weighted by atomic mass is 10.1. The zero-order valence-electron chi connectivity index (χ0n) is 14.3. The van der Waals surface area contributed by atoms with Crippen molar-refractivity contribution in [2.24, 2.45) is 0 Å². The molecule has 2 aromatic carbocycles. The minimum absolute atomic E-state index is 0.106. The molecule has 1 heterocycles. The summed E-state index contributed by atoms with van der Waals surface area (Å²) in [5, 5.41) is 4.02. The van der Waals surface area contributed by atoms with Gasteiger partial charge in [0.1, 0.15) is 6.29 Å². The summed E-state index contributed by atoms with van der Waals surface area (Å²) < 4.78 is 16.2. The SMILES string of the molecule is COc1cc(C=O)ccc1OCc1nc(-c2ccc(C)cc2C)no1. The van der Waals surface area contributed by atoms with Gasteiger partial charge in [0, 0.05) is 11.1 Å². The van der Waals surface area contributed by atoms with Crippen molar-refractivity contribution >= 4 is 6.29 Å². The van der Waals surface area contributed by atoms with Crippen molar-refractivity contribution in [2.75, 3.05) is 7.11 Å². The number of carbonyl (C=O) groups is 1. The number of aldehydes is 1.